The zero-order valence-corrected chi connectivity index (χ0v) is 19.5. The smallest absolute Gasteiger partial charge is 0.257 e. The molecule has 1 saturated heterocycles. The van der Waals surface area contributed by atoms with E-state index >= 15 is 0 Å². The van der Waals surface area contributed by atoms with Gasteiger partial charge in [-0.1, -0.05) is 17.3 Å². The molecule has 2 aliphatic heterocycles. The molecule has 1 fully saturated rings. The van der Waals surface area contributed by atoms with Crippen LogP contribution in [-0.4, -0.2) is 66.3 Å². The van der Waals surface area contributed by atoms with Gasteiger partial charge in [-0.25, -0.2) is 0 Å². The molecule has 2 N–H and O–H groups in total. The number of carbonyl (C=O) groups is 2. The van der Waals surface area contributed by atoms with Crippen LogP contribution in [0.5, 0.6) is 11.5 Å². The van der Waals surface area contributed by atoms with E-state index in [4.69, 9.17) is 14.0 Å². The number of carbonyl (C=O) groups excluding carboxylic acids is 2. The average molecular weight is 478 g/mol. The third kappa shape index (κ3) is 5.61. The Kier molecular flexibility index (Phi) is 6.64. The van der Waals surface area contributed by atoms with Crippen molar-refractivity contribution >= 4 is 23.2 Å². The Morgan fingerprint density at radius 1 is 0.943 bits per heavy atom. The van der Waals surface area contributed by atoms with E-state index < -0.39 is 0 Å². The SMILES string of the molecule is Cc1cc(CN2CCN(CC(=O)Nc3ccccc3C(=O)Nc3ccc4c(c3)OCO4)CC2)no1. The van der Waals surface area contributed by atoms with E-state index in [0.717, 1.165) is 44.2 Å². The third-order valence-corrected chi connectivity index (χ3v) is 5.97. The molecule has 1 aromatic heterocycles. The van der Waals surface area contributed by atoms with E-state index in [2.05, 4.69) is 25.6 Å². The highest BCUT2D eigenvalue weighted by atomic mass is 16.7. The van der Waals surface area contributed by atoms with Crippen molar-refractivity contribution in [1.29, 1.82) is 0 Å². The largest absolute Gasteiger partial charge is 0.454 e. The molecule has 2 aliphatic rings. The lowest BCUT2D eigenvalue weighted by molar-refractivity contribution is -0.117. The predicted molar refractivity (Wildman–Crippen MR) is 129 cm³/mol. The van der Waals surface area contributed by atoms with Gasteiger partial charge in [0.15, 0.2) is 11.5 Å². The lowest BCUT2D eigenvalue weighted by Gasteiger charge is -2.33. The van der Waals surface area contributed by atoms with Crippen LogP contribution in [-0.2, 0) is 11.3 Å². The Balaban J connectivity index is 1.14. The quantitative estimate of drug-likeness (QED) is 0.535. The van der Waals surface area contributed by atoms with Gasteiger partial charge >= 0.3 is 0 Å². The number of piperazine rings is 1. The standard InChI is InChI=1S/C25H27N5O5/c1-17-12-19(28-35-17)14-29-8-10-30(11-9-29)15-24(31)27-21-5-3-2-4-20(21)25(32)26-18-6-7-22-23(13-18)34-16-33-22/h2-7,12-13H,8-11,14-16H2,1H3,(H,26,32)(H,27,31). The molecule has 182 valence electrons. The Labute approximate surface area is 202 Å². The zero-order valence-electron chi connectivity index (χ0n) is 19.5. The number of nitrogens with zero attached hydrogens (tertiary/aromatic N) is 3. The van der Waals surface area contributed by atoms with Crippen LogP contribution in [0.25, 0.3) is 0 Å². The molecule has 10 nitrogen and oxygen atoms in total. The topological polar surface area (TPSA) is 109 Å². The van der Waals surface area contributed by atoms with E-state index in [1.807, 2.05) is 13.0 Å². The molecule has 3 heterocycles. The molecule has 5 rings (SSSR count). The van der Waals surface area contributed by atoms with Crippen LogP contribution in [0.15, 0.2) is 53.1 Å². The molecule has 0 atom stereocenters. The summed E-state index contributed by atoms with van der Waals surface area (Å²) in [5.41, 5.74) is 2.35. The minimum atomic E-state index is -0.323. The molecule has 3 aromatic rings. The van der Waals surface area contributed by atoms with Crippen molar-refractivity contribution in [3.8, 4) is 11.5 Å². The van der Waals surface area contributed by atoms with Crippen LogP contribution in [0.1, 0.15) is 21.8 Å². The summed E-state index contributed by atoms with van der Waals surface area (Å²) < 4.78 is 15.8. The fraction of sp³-hybridized carbons (Fsp3) is 0.320. The molecule has 35 heavy (non-hydrogen) atoms. The van der Waals surface area contributed by atoms with E-state index in [1.54, 1.807) is 42.5 Å². The Morgan fingerprint density at radius 3 is 2.51 bits per heavy atom. The summed E-state index contributed by atoms with van der Waals surface area (Å²) in [6, 6.07) is 14.1. The summed E-state index contributed by atoms with van der Waals surface area (Å²) >= 11 is 0. The van der Waals surface area contributed by atoms with E-state index in [-0.39, 0.29) is 25.2 Å². The number of para-hydroxylation sites is 1. The predicted octanol–water partition coefficient (Wildman–Crippen LogP) is 2.72. The molecule has 0 bridgehead atoms. The molecule has 0 radical (unpaired) electrons. The molecule has 2 amide bonds. The lowest BCUT2D eigenvalue weighted by Crippen LogP contribution is -2.48. The highest BCUT2D eigenvalue weighted by molar-refractivity contribution is 6.10. The monoisotopic (exact) mass is 477 g/mol. The van der Waals surface area contributed by atoms with Crippen LogP contribution in [0.3, 0.4) is 0 Å². The highest BCUT2D eigenvalue weighted by Gasteiger charge is 2.21. The minimum absolute atomic E-state index is 0.158. The van der Waals surface area contributed by atoms with Crippen LogP contribution < -0.4 is 20.1 Å². The Bertz CT molecular complexity index is 1220. The number of aromatic nitrogens is 1. The van der Waals surface area contributed by atoms with Crippen molar-refractivity contribution < 1.29 is 23.6 Å². The van der Waals surface area contributed by atoms with Crippen molar-refractivity contribution in [3.05, 3.63) is 65.5 Å². The van der Waals surface area contributed by atoms with Crippen molar-refractivity contribution in [2.75, 3.05) is 50.2 Å². The molecule has 0 spiro atoms. The fourth-order valence-corrected chi connectivity index (χ4v) is 4.18. The number of amides is 2. The number of ether oxygens (including phenoxy) is 2. The van der Waals surface area contributed by atoms with Gasteiger partial charge in [0.1, 0.15) is 5.76 Å². The maximum absolute atomic E-state index is 12.9. The second-order valence-corrected chi connectivity index (χ2v) is 8.60. The van der Waals surface area contributed by atoms with Gasteiger partial charge in [0.2, 0.25) is 12.7 Å². The summed E-state index contributed by atoms with van der Waals surface area (Å²) in [5, 5.41) is 9.80. The van der Waals surface area contributed by atoms with Crippen LogP contribution in [0, 0.1) is 6.92 Å². The summed E-state index contributed by atoms with van der Waals surface area (Å²) in [6.07, 6.45) is 0. The van der Waals surface area contributed by atoms with Gasteiger partial charge in [0.25, 0.3) is 5.91 Å². The van der Waals surface area contributed by atoms with Gasteiger partial charge in [-0.15, -0.1) is 0 Å². The third-order valence-electron chi connectivity index (χ3n) is 5.97. The molecule has 10 heteroatoms. The summed E-state index contributed by atoms with van der Waals surface area (Å²) in [7, 11) is 0. The van der Waals surface area contributed by atoms with Gasteiger partial charge in [0, 0.05) is 50.5 Å². The maximum Gasteiger partial charge on any atom is 0.257 e. The number of benzene rings is 2. The first-order valence-corrected chi connectivity index (χ1v) is 11.5. The van der Waals surface area contributed by atoms with Gasteiger partial charge in [-0.3, -0.25) is 19.4 Å². The second kappa shape index (κ2) is 10.2. The Morgan fingerprint density at radius 2 is 1.71 bits per heavy atom. The first-order chi connectivity index (χ1) is 17.0. The summed E-state index contributed by atoms with van der Waals surface area (Å²) in [6.45, 7) is 6.27. The van der Waals surface area contributed by atoms with E-state index in [1.165, 1.54) is 0 Å². The lowest BCUT2D eigenvalue weighted by atomic mass is 10.1. The summed E-state index contributed by atoms with van der Waals surface area (Å²) in [5.74, 6) is 1.55. The van der Waals surface area contributed by atoms with Gasteiger partial charge in [0.05, 0.1) is 23.5 Å². The molecular formula is C25H27N5O5. The van der Waals surface area contributed by atoms with Crippen LogP contribution in [0.2, 0.25) is 0 Å². The van der Waals surface area contributed by atoms with Crippen LogP contribution in [0.4, 0.5) is 11.4 Å². The molecule has 0 saturated carbocycles. The molecular weight excluding hydrogens is 450 g/mol. The number of fused-ring (bicyclic) bond motifs is 1. The van der Waals surface area contributed by atoms with E-state index in [0.29, 0.717) is 28.4 Å². The Hall–Kier alpha value is -3.89. The van der Waals surface area contributed by atoms with Crippen molar-refractivity contribution in [2.24, 2.45) is 0 Å². The van der Waals surface area contributed by atoms with Gasteiger partial charge < -0.3 is 24.6 Å². The zero-order chi connectivity index (χ0) is 24.2. The number of nitrogens with one attached hydrogen (secondary N) is 2. The molecule has 0 aliphatic carbocycles. The van der Waals surface area contributed by atoms with Crippen LogP contribution >= 0.6 is 0 Å². The minimum Gasteiger partial charge on any atom is -0.454 e. The number of anilines is 2. The number of hydrogen-bond donors (Lipinski definition) is 2. The maximum atomic E-state index is 12.9. The van der Waals surface area contributed by atoms with Crippen molar-refractivity contribution in [3.63, 3.8) is 0 Å². The average Bonchev–Trinajstić information content (AvgIpc) is 3.48. The number of rotatable bonds is 7. The van der Waals surface area contributed by atoms with E-state index in [9.17, 15) is 9.59 Å². The normalized spacial score (nSPS) is 15.7. The van der Waals surface area contributed by atoms with Crippen molar-refractivity contribution in [1.82, 2.24) is 15.0 Å². The number of hydrogen-bond acceptors (Lipinski definition) is 8. The highest BCUT2D eigenvalue weighted by Crippen LogP contribution is 2.34. The molecule has 0 unspecified atom stereocenters. The first-order valence-electron chi connectivity index (χ1n) is 11.5. The number of aryl methyl sites for hydroxylation is 1. The first kappa shape index (κ1) is 22.9. The second-order valence-electron chi connectivity index (χ2n) is 8.60. The summed E-state index contributed by atoms with van der Waals surface area (Å²) in [4.78, 5) is 30.1. The van der Waals surface area contributed by atoms with Gasteiger partial charge in [-0.05, 0) is 31.2 Å². The van der Waals surface area contributed by atoms with Gasteiger partial charge in [-0.2, -0.15) is 0 Å². The van der Waals surface area contributed by atoms with Crippen molar-refractivity contribution in [2.45, 2.75) is 13.5 Å². The fourth-order valence-electron chi connectivity index (χ4n) is 4.18. The molecule has 2 aromatic carbocycles.